The minimum absolute atomic E-state index is 0.0797. The van der Waals surface area contributed by atoms with Crippen LogP contribution in [0.1, 0.15) is 17.0 Å². The highest BCUT2D eigenvalue weighted by Gasteiger charge is 2.05. The summed E-state index contributed by atoms with van der Waals surface area (Å²) in [5, 5.41) is 8.89. The Morgan fingerprint density at radius 3 is 2.71 bits per heavy atom. The van der Waals surface area contributed by atoms with Crippen LogP contribution < -0.4 is 0 Å². The van der Waals surface area contributed by atoms with Crippen LogP contribution in [0.4, 0.5) is 0 Å². The fourth-order valence-corrected chi connectivity index (χ4v) is 1.87. The zero-order valence-electron chi connectivity index (χ0n) is 10.1. The van der Waals surface area contributed by atoms with E-state index in [0.717, 1.165) is 11.3 Å². The molecule has 0 aliphatic heterocycles. The van der Waals surface area contributed by atoms with E-state index in [1.165, 1.54) is 11.1 Å². The maximum atomic E-state index is 8.89. The summed E-state index contributed by atoms with van der Waals surface area (Å²) in [6.07, 6.45) is 2.24. The first-order valence-corrected chi connectivity index (χ1v) is 5.71. The third kappa shape index (κ3) is 2.68. The third-order valence-corrected chi connectivity index (χ3v) is 2.70. The molecule has 0 bridgehead atoms. The molecule has 3 heteroatoms. The minimum atomic E-state index is 0.0797. The molecule has 2 rings (SSSR count). The lowest BCUT2D eigenvalue weighted by Crippen LogP contribution is -1.99. The van der Waals surface area contributed by atoms with E-state index in [1.54, 1.807) is 6.20 Å². The second-order valence-electron chi connectivity index (χ2n) is 4.15. The molecule has 0 spiro atoms. The number of aryl methyl sites for hydroxylation is 2. The maximum absolute atomic E-state index is 8.89. The predicted molar refractivity (Wildman–Crippen MR) is 67.7 cm³/mol. The SMILES string of the molecule is Cc1ccc(-c2ccnc(CCO)n2)c(C)c1. The molecule has 0 atom stereocenters. The Kier molecular flexibility index (Phi) is 3.49. The molecule has 0 fully saturated rings. The highest BCUT2D eigenvalue weighted by Crippen LogP contribution is 2.22. The summed E-state index contributed by atoms with van der Waals surface area (Å²) in [6, 6.07) is 8.20. The van der Waals surface area contributed by atoms with Crippen LogP contribution in [0, 0.1) is 13.8 Å². The fourth-order valence-electron chi connectivity index (χ4n) is 1.87. The Labute approximate surface area is 101 Å². The monoisotopic (exact) mass is 228 g/mol. The van der Waals surface area contributed by atoms with Crippen molar-refractivity contribution in [2.24, 2.45) is 0 Å². The predicted octanol–water partition coefficient (Wildman–Crippen LogP) is 2.30. The van der Waals surface area contributed by atoms with Gasteiger partial charge < -0.3 is 5.11 Å². The summed E-state index contributed by atoms with van der Waals surface area (Å²) >= 11 is 0. The smallest absolute Gasteiger partial charge is 0.131 e. The second-order valence-corrected chi connectivity index (χ2v) is 4.15. The van der Waals surface area contributed by atoms with E-state index < -0.39 is 0 Å². The van der Waals surface area contributed by atoms with E-state index in [2.05, 4.69) is 42.0 Å². The first-order chi connectivity index (χ1) is 8.20. The van der Waals surface area contributed by atoms with Gasteiger partial charge in [-0.15, -0.1) is 0 Å². The number of rotatable bonds is 3. The molecule has 1 aromatic carbocycles. The van der Waals surface area contributed by atoms with Crippen LogP contribution in [0.25, 0.3) is 11.3 Å². The van der Waals surface area contributed by atoms with Crippen molar-refractivity contribution in [1.82, 2.24) is 9.97 Å². The van der Waals surface area contributed by atoms with Gasteiger partial charge in [0.1, 0.15) is 5.82 Å². The Balaban J connectivity index is 2.42. The highest BCUT2D eigenvalue weighted by molar-refractivity contribution is 5.63. The molecular formula is C14H16N2O. The largest absolute Gasteiger partial charge is 0.396 e. The van der Waals surface area contributed by atoms with Crippen molar-refractivity contribution in [2.75, 3.05) is 6.61 Å². The summed E-state index contributed by atoms with van der Waals surface area (Å²) in [4.78, 5) is 8.58. The molecule has 0 saturated carbocycles. The average molecular weight is 228 g/mol. The molecule has 3 nitrogen and oxygen atoms in total. The van der Waals surface area contributed by atoms with Crippen LogP contribution in [0.15, 0.2) is 30.5 Å². The summed E-state index contributed by atoms with van der Waals surface area (Å²) in [5.41, 5.74) is 4.49. The van der Waals surface area contributed by atoms with Crippen LogP contribution in [0.2, 0.25) is 0 Å². The maximum Gasteiger partial charge on any atom is 0.131 e. The van der Waals surface area contributed by atoms with Crippen LogP contribution in [-0.4, -0.2) is 21.7 Å². The van der Waals surface area contributed by atoms with Gasteiger partial charge >= 0.3 is 0 Å². The van der Waals surface area contributed by atoms with Gasteiger partial charge in [0.15, 0.2) is 0 Å². The van der Waals surface area contributed by atoms with Crippen LogP contribution in [-0.2, 0) is 6.42 Å². The Morgan fingerprint density at radius 1 is 1.18 bits per heavy atom. The van der Waals surface area contributed by atoms with Crippen molar-refractivity contribution < 1.29 is 5.11 Å². The molecular weight excluding hydrogens is 212 g/mol. The molecule has 0 amide bonds. The van der Waals surface area contributed by atoms with Gasteiger partial charge in [-0.1, -0.05) is 23.8 Å². The summed E-state index contributed by atoms with van der Waals surface area (Å²) in [7, 11) is 0. The molecule has 1 N–H and O–H groups in total. The standard InChI is InChI=1S/C14H16N2O/c1-10-3-4-12(11(2)9-10)13-5-7-15-14(16-13)6-8-17/h3-5,7,9,17H,6,8H2,1-2H3. The van der Waals surface area contributed by atoms with E-state index in [9.17, 15) is 0 Å². The van der Waals surface area contributed by atoms with E-state index >= 15 is 0 Å². The number of aliphatic hydroxyl groups excluding tert-OH is 1. The number of hydrogen-bond acceptors (Lipinski definition) is 3. The van der Waals surface area contributed by atoms with E-state index in [-0.39, 0.29) is 6.61 Å². The van der Waals surface area contributed by atoms with Crippen molar-refractivity contribution >= 4 is 0 Å². The quantitative estimate of drug-likeness (QED) is 0.876. The van der Waals surface area contributed by atoms with Gasteiger partial charge in [-0.2, -0.15) is 0 Å². The van der Waals surface area contributed by atoms with E-state index in [4.69, 9.17) is 5.11 Å². The Bertz CT molecular complexity index is 523. The van der Waals surface area contributed by atoms with Crippen LogP contribution in [0.5, 0.6) is 0 Å². The molecule has 17 heavy (non-hydrogen) atoms. The average Bonchev–Trinajstić information content (AvgIpc) is 2.29. The zero-order chi connectivity index (χ0) is 12.3. The van der Waals surface area contributed by atoms with Gasteiger partial charge in [0.05, 0.1) is 12.3 Å². The lowest BCUT2D eigenvalue weighted by Gasteiger charge is -2.07. The van der Waals surface area contributed by atoms with Crippen LogP contribution in [0.3, 0.4) is 0 Å². The van der Waals surface area contributed by atoms with Crippen LogP contribution >= 0.6 is 0 Å². The van der Waals surface area contributed by atoms with Crippen molar-refractivity contribution in [1.29, 1.82) is 0 Å². The zero-order valence-corrected chi connectivity index (χ0v) is 10.1. The number of hydrogen-bond donors (Lipinski definition) is 1. The third-order valence-electron chi connectivity index (χ3n) is 2.70. The first-order valence-electron chi connectivity index (χ1n) is 5.71. The van der Waals surface area contributed by atoms with Crippen molar-refractivity contribution in [2.45, 2.75) is 20.3 Å². The van der Waals surface area contributed by atoms with E-state index in [1.807, 2.05) is 6.07 Å². The van der Waals surface area contributed by atoms with Gasteiger partial charge in [0.25, 0.3) is 0 Å². The fraction of sp³-hybridized carbons (Fsp3) is 0.286. The Morgan fingerprint density at radius 2 is 2.00 bits per heavy atom. The van der Waals surface area contributed by atoms with Crippen molar-refractivity contribution in [3.05, 3.63) is 47.4 Å². The molecule has 0 saturated heterocycles. The Hall–Kier alpha value is -1.74. The molecule has 0 unspecified atom stereocenters. The lowest BCUT2D eigenvalue weighted by molar-refractivity contribution is 0.296. The molecule has 2 aromatic rings. The second kappa shape index (κ2) is 5.06. The molecule has 0 radical (unpaired) electrons. The van der Waals surface area contributed by atoms with Gasteiger partial charge in [0.2, 0.25) is 0 Å². The van der Waals surface area contributed by atoms with Crippen molar-refractivity contribution in [3.8, 4) is 11.3 Å². The number of aromatic nitrogens is 2. The van der Waals surface area contributed by atoms with E-state index in [0.29, 0.717) is 12.2 Å². The number of benzene rings is 1. The number of nitrogens with zero attached hydrogens (tertiary/aromatic N) is 2. The first kappa shape index (κ1) is 11.7. The summed E-state index contributed by atoms with van der Waals surface area (Å²) in [6.45, 7) is 4.24. The highest BCUT2D eigenvalue weighted by atomic mass is 16.3. The molecule has 1 aromatic heterocycles. The van der Waals surface area contributed by atoms with Gasteiger partial charge in [-0.3, -0.25) is 0 Å². The molecule has 88 valence electrons. The topological polar surface area (TPSA) is 46.0 Å². The lowest BCUT2D eigenvalue weighted by atomic mass is 10.0. The van der Waals surface area contributed by atoms with Gasteiger partial charge in [-0.05, 0) is 25.5 Å². The summed E-state index contributed by atoms with van der Waals surface area (Å²) in [5.74, 6) is 0.685. The summed E-state index contributed by atoms with van der Waals surface area (Å²) < 4.78 is 0. The van der Waals surface area contributed by atoms with Crippen molar-refractivity contribution in [3.63, 3.8) is 0 Å². The minimum Gasteiger partial charge on any atom is -0.396 e. The molecule has 0 aliphatic carbocycles. The van der Waals surface area contributed by atoms with Gasteiger partial charge in [-0.25, -0.2) is 9.97 Å². The van der Waals surface area contributed by atoms with Gasteiger partial charge in [0, 0.05) is 18.2 Å². The normalized spacial score (nSPS) is 10.5. The number of aliphatic hydroxyl groups is 1. The molecule has 1 heterocycles. The molecule has 0 aliphatic rings.